The Morgan fingerprint density at radius 2 is 1.76 bits per heavy atom. The van der Waals surface area contributed by atoms with Gasteiger partial charge in [-0.3, -0.25) is 0 Å². The topological polar surface area (TPSA) is 89.4 Å². The van der Waals surface area contributed by atoms with Gasteiger partial charge in [0.1, 0.15) is 10.6 Å². The molecule has 0 aliphatic carbocycles. The van der Waals surface area contributed by atoms with E-state index < -0.39 is 66.0 Å². The van der Waals surface area contributed by atoms with Crippen molar-refractivity contribution in [2.24, 2.45) is 4.99 Å². The van der Waals surface area contributed by atoms with Crippen LogP contribution in [0.4, 0.5) is 32.2 Å². The summed E-state index contributed by atoms with van der Waals surface area (Å²) in [5, 5.41) is 6.09. The van der Waals surface area contributed by atoms with Gasteiger partial charge in [-0.1, -0.05) is 28.4 Å². The zero-order valence-electron chi connectivity index (χ0n) is 16.2. The van der Waals surface area contributed by atoms with Gasteiger partial charge in [-0.15, -0.1) is 0 Å². The van der Waals surface area contributed by atoms with Crippen molar-refractivity contribution in [3.63, 3.8) is 0 Å². The molecule has 1 unspecified atom stereocenters. The van der Waals surface area contributed by atoms with E-state index in [1.165, 1.54) is 19.0 Å². The lowest BCUT2D eigenvalue weighted by atomic mass is 10.2. The van der Waals surface area contributed by atoms with Gasteiger partial charge in [0.15, 0.2) is 22.3 Å². The van der Waals surface area contributed by atoms with Crippen LogP contribution in [0, 0.1) is 0 Å². The number of aromatic nitrogens is 4. The summed E-state index contributed by atoms with van der Waals surface area (Å²) in [6, 6.07) is 1.02. The van der Waals surface area contributed by atoms with E-state index >= 15 is 0 Å². The Hall–Kier alpha value is -2.65. The van der Waals surface area contributed by atoms with E-state index in [2.05, 4.69) is 24.8 Å². The summed E-state index contributed by atoms with van der Waals surface area (Å²) in [6.45, 7) is 0. The molecule has 0 bridgehead atoms. The van der Waals surface area contributed by atoms with E-state index in [1.54, 1.807) is 0 Å². The van der Waals surface area contributed by atoms with Crippen molar-refractivity contribution in [2.75, 3.05) is 14.1 Å². The Morgan fingerprint density at radius 3 is 2.21 bits per heavy atom. The maximum Gasteiger partial charge on any atom is 0.476 e. The largest absolute Gasteiger partial charge is 0.476 e. The first-order valence-electron chi connectivity index (χ1n) is 8.37. The normalized spacial score (nSPS) is 13.6. The lowest BCUT2D eigenvalue weighted by molar-refractivity contribution is -0.137. The van der Waals surface area contributed by atoms with Crippen LogP contribution in [-0.4, -0.2) is 55.0 Å². The van der Waals surface area contributed by atoms with Crippen molar-refractivity contribution < 1.29 is 35.1 Å². The molecule has 2 heterocycles. The lowest BCUT2D eigenvalue weighted by Crippen LogP contribution is -2.17. The molecule has 0 aliphatic heterocycles. The highest BCUT2D eigenvalue weighted by atomic mass is 35.5. The quantitative estimate of drug-likeness (QED) is 0.257. The summed E-state index contributed by atoms with van der Waals surface area (Å²) in [6.07, 6.45) is -2.97. The Kier molecular flexibility index (Phi) is 6.77. The van der Waals surface area contributed by atoms with Crippen molar-refractivity contribution in [3.05, 3.63) is 34.1 Å². The zero-order chi connectivity index (χ0) is 24.7. The molecule has 3 rings (SSSR count). The fraction of sp³-hybridized carbons (Fsp3) is 0.250. The number of rotatable bonds is 5. The maximum absolute atomic E-state index is 13.4. The van der Waals surface area contributed by atoms with Crippen LogP contribution in [0.1, 0.15) is 5.56 Å². The Morgan fingerprint density at radius 1 is 1.15 bits per heavy atom. The number of alkyl halides is 6. The van der Waals surface area contributed by atoms with Gasteiger partial charge in [-0.05, 0) is 12.1 Å². The second kappa shape index (κ2) is 8.95. The van der Waals surface area contributed by atoms with E-state index in [0.29, 0.717) is 16.8 Å². The molecule has 0 amide bonds. The highest BCUT2D eigenvalue weighted by Gasteiger charge is 2.44. The van der Waals surface area contributed by atoms with Crippen LogP contribution in [0.2, 0.25) is 10.0 Å². The zero-order valence-corrected chi connectivity index (χ0v) is 18.6. The number of hydrogen-bond acceptors (Lipinski definition) is 6. The molecule has 17 heteroatoms. The van der Waals surface area contributed by atoms with Gasteiger partial charge in [-0.25, -0.2) is 13.9 Å². The Bertz CT molecular complexity index is 1200. The van der Waals surface area contributed by atoms with Crippen LogP contribution >= 0.6 is 23.2 Å². The molecule has 3 aromatic rings. The van der Waals surface area contributed by atoms with Crippen molar-refractivity contribution in [2.45, 2.75) is 16.6 Å². The first-order valence-corrected chi connectivity index (χ1v) is 10.3. The second-order valence-electron chi connectivity index (χ2n) is 6.38. The van der Waals surface area contributed by atoms with E-state index in [-0.39, 0.29) is 0 Å². The van der Waals surface area contributed by atoms with E-state index in [0.717, 1.165) is 12.7 Å². The molecule has 2 aromatic heterocycles. The van der Waals surface area contributed by atoms with Crippen molar-refractivity contribution in [1.82, 2.24) is 24.8 Å². The summed E-state index contributed by atoms with van der Waals surface area (Å²) >= 11 is 12.0. The molecule has 0 N–H and O–H groups in total. The van der Waals surface area contributed by atoms with Crippen LogP contribution in [0.3, 0.4) is 0 Å². The average Bonchev–Trinajstić information content (AvgIpc) is 3.31. The third kappa shape index (κ3) is 5.14. The summed E-state index contributed by atoms with van der Waals surface area (Å²) in [4.78, 5) is 7.85. The molecular formula is C16H10Cl2F6N6O2S. The Balaban J connectivity index is 2.41. The molecule has 0 saturated heterocycles. The molecule has 0 radical (unpaired) electrons. The third-order valence-electron chi connectivity index (χ3n) is 3.75. The fourth-order valence-electron chi connectivity index (χ4n) is 2.47. The van der Waals surface area contributed by atoms with Gasteiger partial charge >= 0.3 is 11.7 Å². The van der Waals surface area contributed by atoms with Crippen molar-refractivity contribution >= 4 is 46.2 Å². The monoisotopic (exact) mass is 534 g/mol. The molecule has 0 saturated carbocycles. The first-order chi connectivity index (χ1) is 15.2. The van der Waals surface area contributed by atoms with Crippen molar-refractivity contribution in [3.8, 4) is 17.2 Å². The van der Waals surface area contributed by atoms with E-state index in [4.69, 9.17) is 23.2 Å². The highest BCUT2D eigenvalue weighted by molar-refractivity contribution is 7.86. The van der Waals surface area contributed by atoms with Crippen LogP contribution in [0.5, 0.6) is 0 Å². The third-order valence-corrected chi connectivity index (χ3v) is 5.50. The average molecular weight is 535 g/mol. The summed E-state index contributed by atoms with van der Waals surface area (Å²) in [5.74, 6) is -1.16. The predicted octanol–water partition coefficient (Wildman–Crippen LogP) is 5.10. The number of hydrogen-bond donors (Lipinski definition) is 0. The SMILES string of the molecule is CN(C)C=Nc1c(S(=O)C(F)(F)F)c(-c2ncon2)nn1-c1c(Cl)cc(C(F)(F)F)cc1Cl. The molecule has 0 fully saturated rings. The lowest BCUT2D eigenvalue weighted by Gasteiger charge is -2.14. The van der Waals surface area contributed by atoms with Crippen LogP contribution in [0.25, 0.3) is 17.2 Å². The first kappa shape index (κ1) is 25.0. The van der Waals surface area contributed by atoms with Crippen molar-refractivity contribution in [1.29, 1.82) is 0 Å². The van der Waals surface area contributed by atoms with Crippen LogP contribution < -0.4 is 0 Å². The predicted molar refractivity (Wildman–Crippen MR) is 106 cm³/mol. The second-order valence-corrected chi connectivity index (χ2v) is 8.60. The standard InChI is InChI=1S/C16H10Cl2F6N6O2S/c1-29(2)5-25-14-12(33(31)16(22,23)24)10(13-26-6-32-28-13)27-30(14)11-8(17)3-7(4-9(11)18)15(19,20)21/h3-6H,1-2H3. The number of nitrogens with zero attached hydrogens (tertiary/aromatic N) is 6. The van der Waals surface area contributed by atoms with Gasteiger partial charge in [-0.2, -0.15) is 36.4 Å². The van der Waals surface area contributed by atoms with Gasteiger partial charge in [0.05, 0.1) is 21.9 Å². The smallest absolute Gasteiger partial charge is 0.369 e. The molecule has 178 valence electrons. The van der Waals surface area contributed by atoms with Gasteiger partial charge in [0.2, 0.25) is 12.2 Å². The molecule has 1 aromatic carbocycles. The highest BCUT2D eigenvalue weighted by Crippen LogP contribution is 2.43. The van der Waals surface area contributed by atoms with Gasteiger partial charge < -0.3 is 9.42 Å². The van der Waals surface area contributed by atoms with Crippen LogP contribution in [0.15, 0.2) is 32.9 Å². The molecule has 0 spiro atoms. The van der Waals surface area contributed by atoms with Gasteiger partial charge in [0.25, 0.3) is 0 Å². The minimum Gasteiger partial charge on any atom is -0.369 e. The Labute approximate surface area is 193 Å². The molecule has 33 heavy (non-hydrogen) atoms. The number of halogens is 8. The minimum atomic E-state index is -5.26. The summed E-state index contributed by atoms with van der Waals surface area (Å²) in [7, 11) is -0.733. The minimum absolute atomic E-state index is 0.438. The fourth-order valence-corrected chi connectivity index (χ4v) is 3.96. The number of benzene rings is 1. The number of aliphatic imine (C=N–C) groups is 1. The molecular weight excluding hydrogens is 525 g/mol. The molecule has 8 nitrogen and oxygen atoms in total. The molecule has 0 aliphatic rings. The summed E-state index contributed by atoms with van der Waals surface area (Å²) in [5.41, 5.74) is -7.56. The summed E-state index contributed by atoms with van der Waals surface area (Å²) < 4.78 is 97.2. The van der Waals surface area contributed by atoms with E-state index in [1.807, 2.05) is 0 Å². The maximum atomic E-state index is 13.4. The van der Waals surface area contributed by atoms with E-state index in [9.17, 15) is 30.6 Å². The van der Waals surface area contributed by atoms with Gasteiger partial charge in [0, 0.05) is 14.1 Å². The molecule has 1 atom stereocenters. The van der Waals surface area contributed by atoms with Crippen LogP contribution in [-0.2, 0) is 17.0 Å².